The minimum absolute atomic E-state index is 0.137. The molecule has 3 nitrogen and oxygen atoms in total. The zero-order valence-electron chi connectivity index (χ0n) is 11.8. The summed E-state index contributed by atoms with van der Waals surface area (Å²) in [5.74, 6) is 0. The number of aromatic nitrogens is 1. The van der Waals surface area contributed by atoms with Crippen LogP contribution in [0, 0.1) is 0 Å². The van der Waals surface area contributed by atoms with Crippen LogP contribution in [0.1, 0.15) is 25.5 Å². The Morgan fingerprint density at radius 2 is 2.32 bits per heavy atom. The van der Waals surface area contributed by atoms with Crippen LogP contribution in [0.15, 0.2) is 48.7 Å². The fourth-order valence-corrected chi connectivity index (χ4v) is 1.68. The summed E-state index contributed by atoms with van der Waals surface area (Å²) < 4.78 is 10.8. The molecule has 0 bridgehead atoms. The third kappa shape index (κ3) is 6.89. The molecule has 3 heteroatoms. The van der Waals surface area contributed by atoms with Crippen LogP contribution in [0.3, 0.4) is 0 Å². The topological polar surface area (TPSA) is 31.4 Å². The number of ether oxygens (including phenoxy) is 2. The maximum absolute atomic E-state index is 5.61. The van der Waals surface area contributed by atoms with Gasteiger partial charge >= 0.3 is 0 Å². The van der Waals surface area contributed by atoms with E-state index in [4.69, 9.17) is 9.47 Å². The first-order valence-electron chi connectivity index (χ1n) is 6.55. The van der Waals surface area contributed by atoms with Crippen LogP contribution in [0.2, 0.25) is 0 Å². The van der Waals surface area contributed by atoms with E-state index in [0.29, 0.717) is 13.2 Å². The van der Waals surface area contributed by atoms with E-state index >= 15 is 0 Å². The van der Waals surface area contributed by atoms with Crippen LogP contribution in [0.4, 0.5) is 0 Å². The van der Waals surface area contributed by atoms with Gasteiger partial charge in [0.2, 0.25) is 0 Å². The molecule has 1 unspecified atom stereocenters. The van der Waals surface area contributed by atoms with Crippen molar-refractivity contribution in [1.82, 2.24) is 4.98 Å². The molecule has 1 atom stereocenters. The lowest BCUT2D eigenvalue weighted by atomic mass is 10.1. The summed E-state index contributed by atoms with van der Waals surface area (Å²) in [6.07, 6.45) is 7.87. The van der Waals surface area contributed by atoms with E-state index in [1.807, 2.05) is 24.3 Å². The van der Waals surface area contributed by atoms with Gasteiger partial charge < -0.3 is 9.47 Å². The number of hydrogen-bond acceptors (Lipinski definition) is 3. The van der Waals surface area contributed by atoms with E-state index < -0.39 is 0 Å². The lowest BCUT2D eigenvalue weighted by molar-refractivity contribution is 0.133. The zero-order chi connectivity index (χ0) is 13.9. The molecule has 0 aliphatic carbocycles. The average Bonchev–Trinajstić information content (AvgIpc) is 2.45. The molecule has 19 heavy (non-hydrogen) atoms. The number of methoxy groups -OCH3 is 1. The Labute approximate surface area is 116 Å². The summed E-state index contributed by atoms with van der Waals surface area (Å²) in [4.78, 5) is 4.21. The smallest absolute Gasteiger partial charge is 0.0892 e. The Bertz CT molecular complexity index is 387. The normalized spacial score (nSPS) is 13.3. The van der Waals surface area contributed by atoms with Crippen molar-refractivity contribution in [2.75, 3.05) is 13.7 Å². The van der Waals surface area contributed by atoms with E-state index in [2.05, 4.69) is 24.6 Å². The summed E-state index contributed by atoms with van der Waals surface area (Å²) in [7, 11) is 1.71. The third-order valence-corrected chi connectivity index (χ3v) is 2.82. The predicted octanol–water partition coefficient (Wildman–Crippen LogP) is 3.53. The van der Waals surface area contributed by atoms with Gasteiger partial charge in [-0.1, -0.05) is 23.8 Å². The first kappa shape index (κ1) is 15.6. The summed E-state index contributed by atoms with van der Waals surface area (Å²) in [6.45, 7) is 7.01. The molecular formula is C16H23NO2. The van der Waals surface area contributed by atoms with E-state index in [1.54, 1.807) is 13.3 Å². The van der Waals surface area contributed by atoms with Gasteiger partial charge in [-0.25, -0.2) is 0 Å². The van der Waals surface area contributed by atoms with E-state index in [0.717, 1.165) is 18.5 Å². The standard InChI is InChI=1S/C16H23NO2/c1-4-16(18-3)10-7-8-14(2)12-19-13-15-9-5-6-11-17-15/h4-6,8-9,11,16H,1,7,10,12-13H2,2-3H3/b14-8-. The Kier molecular flexibility index (Phi) is 7.78. The SMILES string of the molecule is C=CC(CC/C=C(/C)COCc1ccccn1)OC. The van der Waals surface area contributed by atoms with Crippen LogP contribution in [-0.2, 0) is 16.1 Å². The highest BCUT2D eigenvalue weighted by Crippen LogP contribution is 2.06. The van der Waals surface area contributed by atoms with E-state index in [9.17, 15) is 0 Å². The van der Waals surface area contributed by atoms with E-state index in [1.165, 1.54) is 5.57 Å². The maximum Gasteiger partial charge on any atom is 0.0892 e. The molecule has 0 N–H and O–H groups in total. The number of hydrogen-bond donors (Lipinski definition) is 0. The van der Waals surface area contributed by atoms with Gasteiger partial charge in [0.25, 0.3) is 0 Å². The number of rotatable bonds is 9. The van der Waals surface area contributed by atoms with Gasteiger partial charge in [0.05, 0.1) is 25.0 Å². The highest BCUT2D eigenvalue weighted by molar-refractivity contribution is 5.03. The molecule has 0 saturated carbocycles. The van der Waals surface area contributed by atoms with Gasteiger partial charge in [-0.05, 0) is 31.9 Å². The summed E-state index contributed by atoms with van der Waals surface area (Å²) in [5.41, 5.74) is 2.19. The second-order valence-corrected chi connectivity index (χ2v) is 4.45. The highest BCUT2D eigenvalue weighted by atomic mass is 16.5. The highest BCUT2D eigenvalue weighted by Gasteiger charge is 2.00. The molecule has 0 radical (unpaired) electrons. The zero-order valence-corrected chi connectivity index (χ0v) is 11.8. The van der Waals surface area contributed by atoms with Crippen LogP contribution >= 0.6 is 0 Å². The molecule has 0 aliphatic heterocycles. The van der Waals surface area contributed by atoms with Crippen molar-refractivity contribution in [2.24, 2.45) is 0 Å². The number of allylic oxidation sites excluding steroid dienone is 1. The predicted molar refractivity (Wildman–Crippen MR) is 77.9 cm³/mol. The van der Waals surface area contributed by atoms with Gasteiger partial charge in [-0.3, -0.25) is 4.98 Å². The van der Waals surface area contributed by atoms with Crippen molar-refractivity contribution in [3.63, 3.8) is 0 Å². The molecule has 1 aromatic heterocycles. The summed E-state index contributed by atoms with van der Waals surface area (Å²) >= 11 is 0. The molecular weight excluding hydrogens is 238 g/mol. The molecule has 0 saturated heterocycles. The molecule has 0 amide bonds. The summed E-state index contributed by atoms with van der Waals surface area (Å²) in [5, 5.41) is 0. The molecule has 104 valence electrons. The van der Waals surface area contributed by atoms with Gasteiger partial charge in [-0.15, -0.1) is 6.58 Å². The van der Waals surface area contributed by atoms with Crippen molar-refractivity contribution >= 4 is 0 Å². The molecule has 0 spiro atoms. The third-order valence-electron chi connectivity index (χ3n) is 2.82. The first-order valence-corrected chi connectivity index (χ1v) is 6.55. The number of pyridine rings is 1. The monoisotopic (exact) mass is 261 g/mol. The minimum Gasteiger partial charge on any atom is -0.377 e. The Morgan fingerprint density at radius 1 is 1.47 bits per heavy atom. The second-order valence-electron chi connectivity index (χ2n) is 4.45. The fraction of sp³-hybridized carbons (Fsp3) is 0.438. The largest absolute Gasteiger partial charge is 0.377 e. The quantitative estimate of drug-likeness (QED) is 0.637. The van der Waals surface area contributed by atoms with Crippen LogP contribution in [0.5, 0.6) is 0 Å². The molecule has 0 aromatic carbocycles. The van der Waals surface area contributed by atoms with Crippen molar-refractivity contribution in [3.05, 3.63) is 54.4 Å². The first-order chi connectivity index (χ1) is 9.26. The Hall–Kier alpha value is -1.45. The molecule has 1 rings (SSSR count). The van der Waals surface area contributed by atoms with Gasteiger partial charge in [0.1, 0.15) is 0 Å². The van der Waals surface area contributed by atoms with E-state index in [-0.39, 0.29) is 6.10 Å². The van der Waals surface area contributed by atoms with Crippen molar-refractivity contribution < 1.29 is 9.47 Å². The number of nitrogens with zero attached hydrogens (tertiary/aromatic N) is 1. The maximum atomic E-state index is 5.61. The molecule has 1 aromatic rings. The second kappa shape index (κ2) is 9.48. The van der Waals surface area contributed by atoms with Gasteiger partial charge in [0, 0.05) is 13.3 Å². The van der Waals surface area contributed by atoms with Gasteiger partial charge in [0.15, 0.2) is 0 Å². The van der Waals surface area contributed by atoms with Crippen LogP contribution in [-0.4, -0.2) is 24.8 Å². The Morgan fingerprint density at radius 3 is 2.95 bits per heavy atom. The fourth-order valence-electron chi connectivity index (χ4n) is 1.68. The lowest BCUT2D eigenvalue weighted by Gasteiger charge is -2.08. The van der Waals surface area contributed by atoms with Crippen molar-refractivity contribution in [2.45, 2.75) is 32.5 Å². The van der Waals surface area contributed by atoms with Crippen LogP contribution in [0.25, 0.3) is 0 Å². The molecule has 0 fully saturated rings. The van der Waals surface area contributed by atoms with Gasteiger partial charge in [-0.2, -0.15) is 0 Å². The Balaban J connectivity index is 2.19. The molecule has 1 heterocycles. The van der Waals surface area contributed by atoms with Crippen molar-refractivity contribution in [3.8, 4) is 0 Å². The summed E-state index contributed by atoms with van der Waals surface area (Å²) in [6, 6.07) is 5.83. The average molecular weight is 261 g/mol. The minimum atomic E-state index is 0.137. The lowest BCUT2D eigenvalue weighted by Crippen LogP contribution is -2.05. The van der Waals surface area contributed by atoms with Crippen molar-refractivity contribution in [1.29, 1.82) is 0 Å². The molecule has 0 aliphatic rings. The van der Waals surface area contributed by atoms with Crippen LogP contribution < -0.4 is 0 Å².